The molecule has 3 aromatic rings. The van der Waals surface area contributed by atoms with E-state index < -0.39 is 11.3 Å². The van der Waals surface area contributed by atoms with Gasteiger partial charge < -0.3 is 20.3 Å². The number of benzene rings is 2. The average Bonchev–Trinajstić information content (AvgIpc) is 2.94. The number of halogens is 3. The van der Waals surface area contributed by atoms with Crippen LogP contribution in [0.15, 0.2) is 54.7 Å². The van der Waals surface area contributed by atoms with E-state index in [0.29, 0.717) is 41.0 Å². The second-order valence-electron chi connectivity index (χ2n) is 10.5. The van der Waals surface area contributed by atoms with E-state index in [9.17, 15) is 23.3 Å². The highest BCUT2D eigenvalue weighted by Crippen LogP contribution is 2.31. The quantitative estimate of drug-likeness (QED) is 0.181. The number of para-hydroxylation sites is 1. The Bertz CT molecular complexity index is 1440. The summed E-state index contributed by atoms with van der Waals surface area (Å²) in [6.45, 7) is 3.12. The fourth-order valence-corrected chi connectivity index (χ4v) is 5.21. The van der Waals surface area contributed by atoms with Gasteiger partial charge in [-0.2, -0.15) is 4.98 Å². The molecule has 0 bridgehead atoms. The largest absolute Gasteiger partial charge is 0.573 e. The van der Waals surface area contributed by atoms with E-state index in [1.54, 1.807) is 24.4 Å². The molecule has 0 atom stereocenters. The van der Waals surface area contributed by atoms with Crippen molar-refractivity contribution >= 4 is 17.5 Å². The molecule has 1 saturated carbocycles. The summed E-state index contributed by atoms with van der Waals surface area (Å²) in [5.74, 6) is 6.97. The number of nitro groups is 1. The van der Waals surface area contributed by atoms with Crippen LogP contribution in [0, 0.1) is 27.9 Å². The highest BCUT2D eigenvalue weighted by molar-refractivity contribution is 5.57. The van der Waals surface area contributed by atoms with Crippen LogP contribution in [-0.4, -0.2) is 51.8 Å². The Hall–Kier alpha value is -4.37. The molecular weight excluding hydrogens is 549 g/mol. The van der Waals surface area contributed by atoms with Gasteiger partial charge in [-0.25, -0.2) is 4.98 Å². The molecule has 0 amide bonds. The number of likely N-dealkylation sites (tertiary alicyclic amines) is 1. The van der Waals surface area contributed by atoms with E-state index in [0.717, 1.165) is 12.8 Å². The highest BCUT2D eigenvalue weighted by atomic mass is 19.4. The number of ether oxygens (including phenoxy) is 1. The van der Waals surface area contributed by atoms with Gasteiger partial charge in [-0.1, -0.05) is 30.0 Å². The van der Waals surface area contributed by atoms with Gasteiger partial charge in [0.05, 0.1) is 16.7 Å². The molecule has 0 radical (unpaired) electrons. The first-order valence-corrected chi connectivity index (χ1v) is 13.9. The number of hydrogen-bond acceptors (Lipinski definition) is 8. The third-order valence-corrected chi connectivity index (χ3v) is 7.63. The number of nitrogens with one attached hydrogen (secondary N) is 2. The maximum Gasteiger partial charge on any atom is 0.573 e. The second kappa shape index (κ2) is 13.1. The van der Waals surface area contributed by atoms with Crippen LogP contribution in [0.4, 0.5) is 30.6 Å². The molecule has 2 aromatic carbocycles. The van der Waals surface area contributed by atoms with Crippen LogP contribution < -0.4 is 15.4 Å². The molecule has 1 aliphatic carbocycles. The van der Waals surface area contributed by atoms with E-state index >= 15 is 0 Å². The van der Waals surface area contributed by atoms with Crippen molar-refractivity contribution in [2.24, 2.45) is 5.92 Å². The zero-order valence-electron chi connectivity index (χ0n) is 22.9. The van der Waals surface area contributed by atoms with E-state index in [-0.39, 0.29) is 23.9 Å². The average molecular weight is 581 g/mol. The Labute approximate surface area is 241 Å². The fraction of sp³-hybridized carbons (Fsp3) is 0.400. The minimum Gasteiger partial charge on any atom is -0.405 e. The van der Waals surface area contributed by atoms with Crippen LogP contribution >= 0.6 is 0 Å². The number of nitrogens with zero attached hydrogens (tertiary/aromatic N) is 4. The Morgan fingerprint density at radius 3 is 2.43 bits per heavy atom. The van der Waals surface area contributed by atoms with Gasteiger partial charge in [0.1, 0.15) is 11.6 Å². The smallest absolute Gasteiger partial charge is 0.405 e. The summed E-state index contributed by atoms with van der Waals surface area (Å²) in [7, 11) is 0. The van der Waals surface area contributed by atoms with E-state index in [1.807, 2.05) is 0 Å². The molecule has 0 spiro atoms. The highest BCUT2D eigenvalue weighted by Gasteiger charge is 2.32. The molecule has 0 unspecified atom stereocenters. The van der Waals surface area contributed by atoms with Crippen molar-refractivity contribution in [2.45, 2.75) is 51.1 Å². The molecule has 2 fully saturated rings. The van der Waals surface area contributed by atoms with Crippen LogP contribution in [0.2, 0.25) is 0 Å². The topological polar surface area (TPSA) is 105 Å². The van der Waals surface area contributed by atoms with Crippen molar-refractivity contribution < 1.29 is 22.8 Å². The molecule has 220 valence electrons. The lowest BCUT2D eigenvalue weighted by Gasteiger charge is -2.42. The third-order valence-electron chi connectivity index (χ3n) is 7.63. The molecule has 12 heteroatoms. The van der Waals surface area contributed by atoms with Gasteiger partial charge in [0, 0.05) is 42.4 Å². The van der Waals surface area contributed by atoms with Gasteiger partial charge in [-0.3, -0.25) is 10.1 Å². The second-order valence-corrected chi connectivity index (χ2v) is 10.5. The maximum atomic E-state index is 12.8. The predicted octanol–water partition coefficient (Wildman–Crippen LogP) is 5.97. The molecule has 1 saturated heterocycles. The van der Waals surface area contributed by atoms with E-state index in [2.05, 4.69) is 42.1 Å². The zero-order valence-corrected chi connectivity index (χ0v) is 22.9. The zero-order chi connectivity index (χ0) is 29.5. The van der Waals surface area contributed by atoms with Crippen LogP contribution in [0.5, 0.6) is 5.75 Å². The number of anilines is 2. The Balaban J connectivity index is 1.30. The van der Waals surface area contributed by atoms with Crippen LogP contribution in [0.1, 0.15) is 48.8 Å². The van der Waals surface area contributed by atoms with Crippen molar-refractivity contribution in [3.05, 3.63) is 81.5 Å². The summed E-state index contributed by atoms with van der Waals surface area (Å²) in [6, 6.07) is 12.5. The SMILES string of the molecule is O=[N+]([O-])c1ccc(C#Cc2cnc(NCc3ccccc3OC(F)(F)F)nc2NCC2CCC(N3CCC3)CC2)cc1. The van der Waals surface area contributed by atoms with Gasteiger partial charge in [0.2, 0.25) is 5.95 Å². The van der Waals surface area contributed by atoms with Crippen molar-refractivity contribution in [1.82, 2.24) is 14.9 Å². The van der Waals surface area contributed by atoms with Gasteiger partial charge in [-0.05, 0) is 69.3 Å². The lowest BCUT2D eigenvalue weighted by molar-refractivity contribution is -0.384. The van der Waals surface area contributed by atoms with Crippen molar-refractivity contribution in [2.75, 3.05) is 30.3 Å². The lowest BCUT2D eigenvalue weighted by Crippen LogP contribution is -2.46. The standard InChI is InChI=1S/C30H31F3N6O3/c31-30(32,33)42-27-5-2-1-4-23(27)19-35-29-36-20-24(11-6-21-7-14-26(15-8-21)39(40)41)28(37-29)34-18-22-9-12-25(13-10-22)38-16-3-17-38/h1-2,4-5,7-8,14-15,20,22,25H,3,9-10,12-13,16-19H2,(H2,34,35,36,37). The summed E-state index contributed by atoms with van der Waals surface area (Å²) in [4.78, 5) is 22.0. The Kier molecular flexibility index (Phi) is 9.07. The molecule has 42 heavy (non-hydrogen) atoms. The molecule has 2 aliphatic rings. The van der Waals surface area contributed by atoms with Crippen molar-refractivity contribution in [3.63, 3.8) is 0 Å². The Morgan fingerprint density at radius 1 is 1.02 bits per heavy atom. The van der Waals surface area contributed by atoms with Gasteiger partial charge in [-0.15, -0.1) is 13.2 Å². The molecule has 1 aliphatic heterocycles. The number of hydrogen-bond donors (Lipinski definition) is 2. The number of alkyl halides is 3. The molecular formula is C30H31F3N6O3. The fourth-order valence-electron chi connectivity index (χ4n) is 5.21. The maximum absolute atomic E-state index is 12.8. The van der Waals surface area contributed by atoms with Gasteiger partial charge in [0.15, 0.2) is 0 Å². The molecule has 2 N–H and O–H groups in total. The van der Waals surface area contributed by atoms with Gasteiger partial charge in [0.25, 0.3) is 5.69 Å². The van der Waals surface area contributed by atoms with Crippen molar-refractivity contribution in [1.29, 1.82) is 0 Å². The van der Waals surface area contributed by atoms with Crippen LogP contribution in [-0.2, 0) is 6.54 Å². The van der Waals surface area contributed by atoms with Crippen molar-refractivity contribution in [3.8, 4) is 17.6 Å². The Morgan fingerprint density at radius 2 is 1.76 bits per heavy atom. The lowest BCUT2D eigenvalue weighted by atomic mass is 9.84. The first-order valence-electron chi connectivity index (χ1n) is 13.9. The monoisotopic (exact) mass is 580 g/mol. The third kappa shape index (κ3) is 7.88. The predicted molar refractivity (Wildman–Crippen MR) is 152 cm³/mol. The summed E-state index contributed by atoms with van der Waals surface area (Å²) < 4.78 is 42.6. The van der Waals surface area contributed by atoms with E-state index in [1.165, 1.54) is 62.7 Å². The number of nitro benzene ring substituents is 1. The minimum absolute atomic E-state index is 0.0139. The molecule has 2 heterocycles. The number of aromatic nitrogens is 2. The number of rotatable bonds is 9. The first-order chi connectivity index (χ1) is 20.2. The van der Waals surface area contributed by atoms with Crippen LogP contribution in [0.25, 0.3) is 0 Å². The minimum atomic E-state index is -4.80. The summed E-state index contributed by atoms with van der Waals surface area (Å²) in [6.07, 6.45) is 2.62. The summed E-state index contributed by atoms with van der Waals surface area (Å²) in [5.41, 5.74) is 1.41. The molecule has 1 aromatic heterocycles. The number of non-ortho nitro benzene ring substituents is 1. The first kappa shape index (κ1) is 29.1. The normalized spacial score (nSPS) is 18.7. The molecule has 9 nitrogen and oxygen atoms in total. The summed E-state index contributed by atoms with van der Waals surface area (Å²) >= 11 is 0. The summed E-state index contributed by atoms with van der Waals surface area (Å²) in [5, 5.41) is 17.4. The van der Waals surface area contributed by atoms with E-state index in [4.69, 9.17) is 0 Å². The molecule has 5 rings (SSSR count). The van der Waals surface area contributed by atoms with Gasteiger partial charge >= 0.3 is 6.36 Å². The van der Waals surface area contributed by atoms with Crippen LogP contribution in [0.3, 0.4) is 0 Å².